The summed E-state index contributed by atoms with van der Waals surface area (Å²) in [6.07, 6.45) is -5.21. The van der Waals surface area contributed by atoms with Crippen molar-refractivity contribution in [1.29, 1.82) is 0 Å². The fraction of sp³-hybridized carbons (Fsp3) is 0.462. The number of carbonyl (C=O) groups is 1. The molecule has 5 nitrogen and oxygen atoms in total. The van der Waals surface area contributed by atoms with Crippen LogP contribution in [0.2, 0.25) is 0 Å². The van der Waals surface area contributed by atoms with Crippen molar-refractivity contribution in [3.63, 3.8) is 0 Å². The molecule has 1 aromatic carbocycles. The van der Waals surface area contributed by atoms with Crippen LogP contribution in [0, 0.1) is 0 Å². The Kier molecular flexibility index (Phi) is 7.60. The fourth-order valence-electron chi connectivity index (χ4n) is 1.45. The van der Waals surface area contributed by atoms with Crippen LogP contribution in [-0.2, 0) is 23.1 Å². The number of ether oxygens (including phenoxy) is 1. The normalized spacial score (nSPS) is 13.6. The van der Waals surface area contributed by atoms with Gasteiger partial charge in [0.2, 0.25) is 0 Å². The number of esters is 1. The molecular formula is C13H16F3O5PS. The minimum atomic E-state index is -5.21. The molecule has 0 radical (unpaired) electrons. The Labute approximate surface area is 136 Å². The maximum Gasteiger partial charge on any atom is 0.490 e. The van der Waals surface area contributed by atoms with Gasteiger partial charge in [0.05, 0.1) is 13.2 Å². The molecule has 0 aliphatic rings. The highest BCUT2D eigenvalue weighted by Gasteiger charge is 2.47. The largest absolute Gasteiger partial charge is 0.490 e. The van der Waals surface area contributed by atoms with Crippen LogP contribution in [-0.4, -0.2) is 30.5 Å². The molecule has 0 aliphatic carbocycles. The first-order valence-corrected chi connectivity index (χ1v) is 9.10. The zero-order valence-corrected chi connectivity index (χ0v) is 14.1. The second-order valence-electron chi connectivity index (χ2n) is 4.02. The van der Waals surface area contributed by atoms with E-state index in [1.54, 1.807) is 30.3 Å². The third-order valence-corrected chi connectivity index (χ3v) is 6.09. The predicted molar refractivity (Wildman–Crippen MR) is 79.1 cm³/mol. The van der Waals surface area contributed by atoms with Crippen LogP contribution in [0.25, 0.3) is 0 Å². The minimum absolute atomic E-state index is 0.0767. The molecule has 1 rings (SSSR count). The van der Waals surface area contributed by atoms with E-state index in [2.05, 4.69) is 4.74 Å². The minimum Gasteiger partial charge on any atom is -0.431 e. The molecule has 1 atom stereocenters. The van der Waals surface area contributed by atoms with Gasteiger partial charge < -0.3 is 13.8 Å². The number of benzene rings is 1. The third-order valence-electron chi connectivity index (χ3n) is 2.30. The van der Waals surface area contributed by atoms with Crippen molar-refractivity contribution in [2.45, 2.75) is 30.1 Å². The van der Waals surface area contributed by atoms with Crippen LogP contribution in [0.1, 0.15) is 13.8 Å². The highest BCUT2D eigenvalue weighted by molar-refractivity contribution is 8.05. The summed E-state index contributed by atoms with van der Waals surface area (Å²) in [7, 11) is -4.10. The molecule has 23 heavy (non-hydrogen) atoms. The first-order chi connectivity index (χ1) is 10.7. The highest BCUT2D eigenvalue weighted by atomic mass is 32.2. The summed E-state index contributed by atoms with van der Waals surface area (Å²) >= 11 is 0.664. The van der Waals surface area contributed by atoms with E-state index in [1.807, 2.05) is 0 Å². The molecule has 0 aromatic heterocycles. The standard InChI is InChI=1S/C13H16F3O5PS/c1-3-19-22(18,20-4-2)12(21-11(17)13(14,15)16)23-10-8-6-5-7-9-10/h5-9,12H,3-4H2,1-2H3. The molecule has 0 saturated heterocycles. The van der Waals surface area contributed by atoms with Crippen LogP contribution >= 0.6 is 19.4 Å². The van der Waals surface area contributed by atoms with Gasteiger partial charge in [0.25, 0.3) is 5.18 Å². The van der Waals surface area contributed by atoms with E-state index < -0.39 is 24.9 Å². The zero-order chi connectivity index (χ0) is 17.5. The SMILES string of the molecule is CCOP(=O)(OCC)C(OC(=O)C(F)(F)F)Sc1ccccc1. The number of hydrogen-bond acceptors (Lipinski definition) is 6. The van der Waals surface area contributed by atoms with Crippen molar-refractivity contribution in [2.75, 3.05) is 13.2 Å². The number of alkyl halides is 3. The van der Waals surface area contributed by atoms with Gasteiger partial charge in [-0.2, -0.15) is 13.2 Å². The average molecular weight is 372 g/mol. The Morgan fingerprint density at radius 1 is 1.17 bits per heavy atom. The number of thioether (sulfide) groups is 1. The molecule has 0 spiro atoms. The van der Waals surface area contributed by atoms with Gasteiger partial charge in [0.1, 0.15) is 0 Å². The lowest BCUT2D eigenvalue weighted by Gasteiger charge is -2.25. The van der Waals surface area contributed by atoms with Crippen molar-refractivity contribution in [3.05, 3.63) is 30.3 Å². The Morgan fingerprint density at radius 2 is 1.70 bits per heavy atom. The lowest BCUT2D eigenvalue weighted by Crippen LogP contribution is -2.29. The van der Waals surface area contributed by atoms with Crippen molar-refractivity contribution in [2.24, 2.45) is 0 Å². The maximum absolute atomic E-state index is 12.7. The van der Waals surface area contributed by atoms with Gasteiger partial charge >= 0.3 is 19.7 Å². The summed E-state index contributed by atoms with van der Waals surface area (Å²) in [6.45, 7) is 2.85. The van der Waals surface area contributed by atoms with Crippen molar-refractivity contribution in [1.82, 2.24) is 0 Å². The van der Waals surface area contributed by atoms with Crippen LogP contribution < -0.4 is 0 Å². The van der Waals surface area contributed by atoms with Gasteiger partial charge in [-0.15, -0.1) is 0 Å². The summed E-state index contributed by atoms with van der Waals surface area (Å²) in [4.78, 5) is 11.6. The van der Waals surface area contributed by atoms with E-state index in [9.17, 15) is 22.5 Å². The molecule has 10 heteroatoms. The highest BCUT2D eigenvalue weighted by Crippen LogP contribution is 2.59. The van der Waals surface area contributed by atoms with E-state index in [-0.39, 0.29) is 13.2 Å². The summed E-state index contributed by atoms with van der Waals surface area (Å²) < 4.78 is 64.4. The van der Waals surface area contributed by atoms with Gasteiger partial charge in [0.15, 0.2) is 0 Å². The molecule has 0 saturated carbocycles. The molecule has 1 aromatic rings. The van der Waals surface area contributed by atoms with Gasteiger partial charge in [0, 0.05) is 4.90 Å². The fourth-order valence-corrected chi connectivity index (χ4v) is 4.64. The summed E-state index contributed by atoms with van der Waals surface area (Å²) in [5, 5.41) is -1.76. The molecule has 0 aliphatic heterocycles. The first-order valence-electron chi connectivity index (χ1n) is 6.61. The molecule has 0 heterocycles. The van der Waals surface area contributed by atoms with Crippen LogP contribution in [0.3, 0.4) is 0 Å². The number of carbonyl (C=O) groups excluding carboxylic acids is 1. The number of halogens is 3. The summed E-state index contributed by atoms with van der Waals surface area (Å²) in [5.74, 6) is -2.45. The monoisotopic (exact) mass is 372 g/mol. The van der Waals surface area contributed by atoms with E-state index in [0.717, 1.165) is 0 Å². The van der Waals surface area contributed by atoms with Crippen molar-refractivity contribution >= 4 is 25.3 Å². The maximum atomic E-state index is 12.7. The van der Waals surface area contributed by atoms with E-state index in [4.69, 9.17) is 9.05 Å². The molecule has 0 amide bonds. The van der Waals surface area contributed by atoms with E-state index in [1.165, 1.54) is 13.8 Å². The van der Waals surface area contributed by atoms with Crippen LogP contribution in [0.15, 0.2) is 35.2 Å². The second kappa shape index (κ2) is 8.73. The lowest BCUT2D eigenvalue weighted by atomic mass is 10.4. The Bertz CT molecular complexity index is 542. The van der Waals surface area contributed by atoms with Crippen LogP contribution in [0.4, 0.5) is 13.2 Å². The topological polar surface area (TPSA) is 61.8 Å². The zero-order valence-electron chi connectivity index (χ0n) is 12.4. The third kappa shape index (κ3) is 6.18. The smallest absolute Gasteiger partial charge is 0.431 e. The Hall–Kier alpha value is -1.02. The predicted octanol–water partition coefficient (Wildman–Crippen LogP) is 4.43. The molecule has 0 N–H and O–H groups in total. The Morgan fingerprint density at radius 3 is 2.13 bits per heavy atom. The van der Waals surface area contributed by atoms with Crippen molar-refractivity contribution < 1.29 is 36.3 Å². The van der Waals surface area contributed by atoms with E-state index >= 15 is 0 Å². The van der Waals surface area contributed by atoms with Crippen LogP contribution in [0.5, 0.6) is 0 Å². The van der Waals surface area contributed by atoms with Gasteiger partial charge in [-0.25, -0.2) is 4.79 Å². The number of hydrogen-bond donors (Lipinski definition) is 0. The van der Waals surface area contributed by atoms with Gasteiger partial charge in [-0.1, -0.05) is 30.0 Å². The quantitative estimate of drug-likeness (QED) is 0.291. The summed E-state index contributed by atoms with van der Waals surface area (Å²) in [6, 6.07) is 8.11. The van der Waals surface area contributed by atoms with Gasteiger partial charge in [-0.3, -0.25) is 4.57 Å². The molecule has 1 unspecified atom stereocenters. The number of rotatable bonds is 8. The average Bonchev–Trinajstić information content (AvgIpc) is 2.47. The Balaban J connectivity index is 3.08. The first kappa shape index (κ1) is 20.0. The van der Waals surface area contributed by atoms with Crippen molar-refractivity contribution in [3.8, 4) is 0 Å². The molecular weight excluding hydrogens is 356 g/mol. The summed E-state index contributed by atoms with van der Waals surface area (Å²) in [5.41, 5.74) is 0. The molecule has 0 fully saturated rings. The lowest BCUT2D eigenvalue weighted by molar-refractivity contribution is -0.199. The van der Waals surface area contributed by atoms with Gasteiger partial charge in [-0.05, 0) is 26.0 Å². The molecule has 0 bridgehead atoms. The second-order valence-corrected chi connectivity index (χ2v) is 7.57. The van der Waals surface area contributed by atoms with E-state index in [0.29, 0.717) is 16.7 Å². The molecule has 130 valence electrons.